The van der Waals surface area contributed by atoms with Crippen molar-refractivity contribution < 1.29 is 14.7 Å². The van der Waals surface area contributed by atoms with E-state index < -0.39 is 23.9 Å². The van der Waals surface area contributed by atoms with Crippen LogP contribution in [0.25, 0.3) is 28.2 Å². The van der Waals surface area contributed by atoms with Crippen molar-refractivity contribution >= 4 is 17.5 Å². The van der Waals surface area contributed by atoms with Crippen LogP contribution < -0.4 is 10.7 Å². The smallest absolute Gasteiger partial charge is 0.322 e. The van der Waals surface area contributed by atoms with Crippen LogP contribution in [-0.4, -0.2) is 38.1 Å². The van der Waals surface area contributed by atoms with Gasteiger partial charge in [-0.05, 0) is 5.56 Å². The number of carbonyl (C=O) groups excluding carboxylic acids is 1. The van der Waals surface area contributed by atoms with Crippen LogP contribution in [0.1, 0.15) is 10.4 Å². The number of aliphatic carboxylic acids is 1. The summed E-state index contributed by atoms with van der Waals surface area (Å²) in [5.41, 5.74) is 1.22. The Balaban J connectivity index is 1.98. The van der Waals surface area contributed by atoms with E-state index in [4.69, 9.17) is 5.11 Å². The van der Waals surface area contributed by atoms with Gasteiger partial charge in [-0.3, -0.25) is 23.9 Å². The molecule has 144 valence electrons. The van der Waals surface area contributed by atoms with Gasteiger partial charge in [0.05, 0.1) is 0 Å². The predicted molar refractivity (Wildman–Crippen MR) is 107 cm³/mol. The Morgan fingerprint density at radius 3 is 2.24 bits per heavy atom. The van der Waals surface area contributed by atoms with E-state index in [2.05, 4.69) is 15.5 Å². The van der Waals surface area contributed by atoms with Gasteiger partial charge in [0.25, 0.3) is 5.91 Å². The molecule has 0 aliphatic rings. The molecular formula is C21H16N4O4. The van der Waals surface area contributed by atoms with Crippen molar-refractivity contribution in [2.45, 2.75) is 0 Å². The molecule has 0 radical (unpaired) electrons. The first-order valence-corrected chi connectivity index (χ1v) is 8.81. The van der Waals surface area contributed by atoms with E-state index in [-0.39, 0.29) is 11.2 Å². The summed E-state index contributed by atoms with van der Waals surface area (Å²) >= 11 is 0. The van der Waals surface area contributed by atoms with Crippen molar-refractivity contribution in [2.24, 2.45) is 0 Å². The summed E-state index contributed by atoms with van der Waals surface area (Å²) in [6, 6.07) is 18.3. The Labute approximate surface area is 164 Å². The number of benzene rings is 2. The largest absolute Gasteiger partial charge is 0.480 e. The van der Waals surface area contributed by atoms with Gasteiger partial charge in [0.15, 0.2) is 5.82 Å². The molecule has 1 amide bonds. The maximum atomic E-state index is 13.1. The molecule has 2 heterocycles. The van der Waals surface area contributed by atoms with Crippen LogP contribution in [0, 0.1) is 0 Å². The van der Waals surface area contributed by atoms with Crippen molar-refractivity contribution in [2.75, 3.05) is 6.54 Å². The topological polar surface area (TPSA) is 117 Å². The highest BCUT2D eigenvalue weighted by Crippen LogP contribution is 2.23. The van der Waals surface area contributed by atoms with Gasteiger partial charge in [0, 0.05) is 17.3 Å². The zero-order valence-electron chi connectivity index (χ0n) is 15.1. The predicted octanol–water partition coefficient (Wildman–Crippen LogP) is 2.17. The van der Waals surface area contributed by atoms with E-state index in [0.29, 0.717) is 17.0 Å². The fourth-order valence-electron chi connectivity index (χ4n) is 3.12. The van der Waals surface area contributed by atoms with Crippen LogP contribution in [-0.2, 0) is 4.79 Å². The maximum Gasteiger partial charge on any atom is 0.322 e. The molecule has 3 N–H and O–H groups in total. The van der Waals surface area contributed by atoms with E-state index in [9.17, 15) is 14.4 Å². The minimum absolute atomic E-state index is 0.191. The number of hydrogen-bond acceptors (Lipinski definition) is 4. The van der Waals surface area contributed by atoms with Crippen molar-refractivity contribution in [3.05, 3.63) is 82.6 Å². The average Bonchev–Trinajstić information content (AvgIpc) is 3.16. The summed E-state index contributed by atoms with van der Waals surface area (Å²) in [5.74, 6) is -1.47. The lowest BCUT2D eigenvalue weighted by Gasteiger charge is -2.09. The molecule has 8 nitrogen and oxygen atoms in total. The van der Waals surface area contributed by atoms with E-state index in [1.807, 2.05) is 36.4 Å². The Hall–Kier alpha value is -4.20. The number of carboxylic acid groups (broad SMARTS) is 1. The van der Waals surface area contributed by atoms with Crippen molar-refractivity contribution in [1.29, 1.82) is 0 Å². The first-order valence-electron chi connectivity index (χ1n) is 8.81. The Kier molecular flexibility index (Phi) is 4.66. The van der Waals surface area contributed by atoms with Gasteiger partial charge in [-0.15, -0.1) is 0 Å². The SMILES string of the molecule is O=C(O)CNC(=O)c1c(=O)c(-c2ccccc2)cn2c(-c3ccccc3)n[nH]c12. The molecule has 4 aromatic rings. The highest BCUT2D eigenvalue weighted by atomic mass is 16.4. The molecule has 0 aliphatic heterocycles. The quantitative estimate of drug-likeness (QED) is 0.484. The van der Waals surface area contributed by atoms with Crippen LogP contribution in [0.15, 0.2) is 71.7 Å². The summed E-state index contributed by atoms with van der Waals surface area (Å²) in [5, 5.41) is 18.1. The zero-order valence-corrected chi connectivity index (χ0v) is 15.1. The third-order valence-electron chi connectivity index (χ3n) is 4.45. The van der Waals surface area contributed by atoms with Crippen LogP contribution in [0.3, 0.4) is 0 Å². The van der Waals surface area contributed by atoms with Gasteiger partial charge in [-0.25, -0.2) is 0 Å². The molecule has 2 aromatic heterocycles. The normalized spacial score (nSPS) is 10.8. The highest BCUT2D eigenvalue weighted by Gasteiger charge is 2.22. The number of carboxylic acids is 1. The number of amides is 1. The second-order valence-corrected chi connectivity index (χ2v) is 6.32. The first-order chi connectivity index (χ1) is 14.1. The number of pyridine rings is 1. The third-order valence-corrected chi connectivity index (χ3v) is 4.45. The van der Waals surface area contributed by atoms with Crippen molar-refractivity contribution in [1.82, 2.24) is 19.9 Å². The molecule has 29 heavy (non-hydrogen) atoms. The molecule has 0 saturated heterocycles. The molecule has 0 atom stereocenters. The second kappa shape index (κ2) is 7.43. The van der Waals surface area contributed by atoms with Crippen molar-refractivity contribution in [3.8, 4) is 22.5 Å². The van der Waals surface area contributed by atoms with E-state index in [1.54, 1.807) is 34.9 Å². The number of H-pyrrole nitrogens is 1. The lowest BCUT2D eigenvalue weighted by atomic mass is 10.0. The number of nitrogens with zero attached hydrogens (tertiary/aromatic N) is 2. The number of aromatic amines is 1. The summed E-state index contributed by atoms with van der Waals surface area (Å²) in [4.78, 5) is 36.7. The second-order valence-electron chi connectivity index (χ2n) is 6.32. The highest BCUT2D eigenvalue weighted by molar-refractivity contribution is 6.02. The molecule has 0 bridgehead atoms. The molecule has 0 unspecified atom stereocenters. The van der Waals surface area contributed by atoms with Gasteiger partial charge in [0.2, 0.25) is 5.43 Å². The fraction of sp³-hybridized carbons (Fsp3) is 0.0476. The fourth-order valence-corrected chi connectivity index (χ4v) is 3.12. The lowest BCUT2D eigenvalue weighted by Crippen LogP contribution is -2.33. The number of aromatic nitrogens is 3. The summed E-state index contributed by atoms with van der Waals surface area (Å²) in [7, 11) is 0. The van der Waals surface area contributed by atoms with Gasteiger partial charge in [-0.1, -0.05) is 60.7 Å². The molecule has 4 rings (SSSR count). The van der Waals surface area contributed by atoms with Crippen LogP contribution in [0.2, 0.25) is 0 Å². The van der Waals surface area contributed by atoms with Crippen LogP contribution in [0.5, 0.6) is 0 Å². The number of rotatable bonds is 5. The number of carbonyl (C=O) groups is 2. The van der Waals surface area contributed by atoms with Gasteiger partial charge in [-0.2, -0.15) is 5.10 Å². The summed E-state index contributed by atoms with van der Waals surface area (Å²) < 4.78 is 1.63. The van der Waals surface area contributed by atoms with E-state index >= 15 is 0 Å². The molecule has 2 aromatic carbocycles. The molecule has 8 heteroatoms. The number of hydrogen-bond donors (Lipinski definition) is 3. The molecule has 0 saturated carbocycles. The minimum atomic E-state index is -1.21. The van der Waals surface area contributed by atoms with E-state index in [1.165, 1.54) is 0 Å². The van der Waals surface area contributed by atoms with Crippen LogP contribution in [0.4, 0.5) is 0 Å². The van der Waals surface area contributed by atoms with Gasteiger partial charge >= 0.3 is 5.97 Å². The van der Waals surface area contributed by atoms with Crippen molar-refractivity contribution in [3.63, 3.8) is 0 Å². The lowest BCUT2D eigenvalue weighted by molar-refractivity contribution is -0.135. The Bertz CT molecular complexity index is 1260. The van der Waals surface area contributed by atoms with Gasteiger partial charge < -0.3 is 10.4 Å². The van der Waals surface area contributed by atoms with Crippen LogP contribution >= 0.6 is 0 Å². The molecule has 0 fully saturated rings. The van der Waals surface area contributed by atoms with E-state index in [0.717, 1.165) is 5.56 Å². The monoisotopic (exact) mass is 388 g/mol. The van der Waals surface area contributed by atoms with Gasteiger partial charge in [0.1, 0.15) is 17.8 Å². The Morgan fingerprint density at radius 2 is 1.62 bits per heavy atom. The maximum absolute atomic E-state index is 13.1. The number of nitrogens with one attached hydrogen (secondary N) is 2. The Morgan fingerprint density at radius 1 is 1.00 bits per heavy atom. The first kappa shape index (κ1) is 18.2. The molecular weight excluding hydrogens is 372 g/mol. The molecule has 0 aliphatic carbocycles. The average molecular weight is 388 g/mol. The molecule has 0 spiro atoms. The standard InChI is InChI=1S/C21H16N4O4/c26-16(27)11-22-21(29)17-18(28)15(13-7-3-1-4-8-13)12-25-19(23-24-20(17)25)14-9-5-2-6-10-14/h1-10,12,24H,11H2,(H,22,29)(H,26,27). The zero-order chi connectivity index (χ0) is 20.4. The number of fused-ring (bicyclic) bond motifs is 1. The summed E-state index contributed by atoms with van der Waals surface area (Å²) in [6.07, 6.45) is 1.63. The summed E-state index contributed by atoms with van der Waals surface area (Å²) in [6.45, 7) is -0.598. The third kappa shape index (κ3) is 3.39. The minimum Gasteiger partial charge on any atom is -0.480 e.